The first-order valence-electron chi connectivity index (χ1n) is 6.46. The highest BCUT2D eigenvalue weighted by atomic mass is 32.1. The molecule has 2 rings (SSSR count). The molecular formula is C14H20N4S. The molecule has 0 aliphatic heterocycles. The van der Waals surface area contributed by atoms with Crippen LogP contribution in [0.3, 0.4) is 0 Å². The predicted molar refractivity (Wildman–Crippen MR) is 80.6 cm³/mol. The molecule has 0 saturated heterocycles. The summed E-state index contributed by atoms with van der Waals surface area (Å²) in [7, 11) is 2.10. The normalized spacial score (nSPS) is 10.7. The van der Waals surface area contributed by atoms with E-state index in [0.29, 0.717) is 0 Å². The molecule has 0 saturated carbocycles. The number of aromatic nitrogens is 2. The van der Waals surface area contributed by atoms with Crippen LogP contribution in [0.2, 0.25) is 0 Å². The molecule has 0 amide bonds. The third kappa shape index (κ3) is 3.75. The van der Waals surface area contributed by atoms with E-state index in [0.717, 1.165) is 31.0 Å². The minimum Gasteiger partial charge on any atom is -0.369 e. The maximum atomic E-state index is 4.37. The standard InChI is InChI=1S/C14H20N4S/c1-4-15-8-12-7-13(5-6-16-12)18(3)9-14-11(2)17-10-19-14/h5-7,10,15H,4,8-9H2,1-3H3. The van der Waals surface area contributed by atoms with Crippen LogP contribution < -0.4 is 10.2 Å². The molecular weight excluding hydrogens is 256 g/mol. The van der Waals surface area contributed by atoms with Gasteiger partial charge < -0.3 is 10.2 Å². The Labute approximate surface area is 118 Å². The van der Waals surface area contributed by atoms with E-state index in [1.807, 2.05) is 17.8 Å². The molecule has 0 fully saturated rings. The molecule has 0 spiro atoms. The monoisotopic (exact) mass is 276 g/mol. The molecule has 0 unspecified atom stereocenters. The lowest BCUT2D eigenvalue weighted by Crippen LogP contribution is -2.18. The SMILES string of the molecule is CCNCc1cc(N(C)Cc2scnc2C)ccn1. The lowest BCUT2D eigenvalue weighted by molar-refractivity contribution is 0.710. The van der Waals surface area contributed by atoms with Gasteiger partial charge in [-0.3, -0.25) is 4.98 Å². The molecule has 2 aromatic heterocycles. The smallest absolute Gasteiger partial charge is 0.0798 e. The van der Waals surface area contributed by atoms with Crippen molar-refractivity contribution in [1.82, 2.24) is 15.3 Å². The average molecular weight is 276 g/mol. The molecule has 0 radical (unpaired) electrons. The Morgan fingerprint density at radius 1 is 1.37 bits per heavy atom. The van der Waals surface area contributed by atoms with E-state index in [-0.39, 0.29) is 0 Å². The van der Waals surface area contributed by atoms with Gasteiger partial charge in [-0.1, -0.05) is 6.92 Å². The Morgan fingerprint density at radius 3 is 2.89 bits per heavy atom. The van der Waals surface area contributed by atoms with Crippen LogP contribution in [0.15, 0.2) is 23.8 Å². The van der Waals surface area contributed by atoms with Gasteiger partial charge in [0.25, 0.3) is 0 Å². The number of anilines is 1. The Balaban J connectivity index is 2.06. The van der Waals surface area contributed by atoms with Gasteiger partial charge in [-0.25, -0.2) is 4.98 Å². The second kappa shape index (κ2) is 6.63. The van der Waals surface area contributed by atoms with Crippen LogP contribution in [0.5, 0.6) is 0 Å². The molecule has 5 heteroatoms. The summed E-state index contributed by atoms with van der Waals surface area (Å²) < 4.78 is 0. The number of pyridine rings is 1. The van der Waals surface area contributed by atoms with Gasteiger partial charge >= 0.3 is 0 Å². The highest BCUT2D eigenvalue weighted by molar-refractivity contribution is 7.09. The van der Waals surface area contributed by atoms with Gasteiger partial charge in [-0.05, 0) is 25.6 Å². The van der Waals surface area contributed by atoms with Crippen molar-refractivity contribution in [3.05, 3.63) is 40.1 Å². The Bertz CT molecular complexity index is 524. The van der Waals surface area contributed by atoms with Gasteiger partial charge in [0.15, 0.2) is 0 Å². The Kier molecular flexibility index (Phi) is 4.87. The second-order valence-corrected chi connectivity index (χ2v) is 5.44. The number of hydrogen-bond acceptors (Lipinski definition) is 5. The summed E-state index contributed by atoms with van der Waals surface area (Å²) in [4.78, 5) is 12.2. The van der Waals surface area contributed by atoms with Crippen molar-refractivity contribution in [2.24, 2.45) is 0 Å². The van der Waals surface area contributed by atoms with Crippen molar-refractivity contribution < 1.29 is 0 Å². The van der Waals surface area contributed by atoms with Crippen LogP contribution in [-0.2, 0) is 13.1 Å². The van der Waals surface area contributed by atoms with E-state index < -0.39 is 0 Å². The maximum absolute atomic E-state index is 4.37. The van der Waals surface area contributed by atoms with E-state index in [4.69, 9.17) is 0 Å². The van der Waals surface area contributed by atoms with Gasteiger partial charge in [-0.15, -0.1) is 11.3 Å². The number of nitrogens with zero attached hydrogens (tertiary/aromatic N) is 3. The van der Waals surface area contributed by atoms with E-state index in [1.165, 1.54) is 10.6 Å². The van der Waals surface area contributed by atoms with E-state index >= 15 is 0 Å². The minimum absolute atomic E-state index is 0.817. The van der Waals surface area contributed by atoms with Crippen molar-refractivity contribution in [2.75, 3.05) is 18.5 Å². The number of thiazole rings is 1. The van der Waals surface area contributed by atoms with Gasteiger partial charge in [0.1, 0.15) is 0 Å². The molecule has 1 N–H and O–H groups in total. The fourth-order valence-electron chi connectivity index (χ4n) is 1.84. The Morgan fingerprint density at radius 2 is 2.21 bits per heavy atom. The van der Waals surface area contributed by atoms with Crippen LogP contribution >= 0.6 is 11.3 Å². The topological polar surface area (TPSA) is 41.0 Å². The number of aryl methyl sites for hydroxylation is 1. The number of rotatable bonds is 6. The molecule has 19 heavy (non-hydrogen) atoms. The fourth-order valence-corrected chi connectivity index (χ4v) is 2.67. The highest BCUT2D eigenvalue weighted by Gasteiger charge is 2.07. The summed E-state index contributed by atoms with van der Waals surface area (Å²) in [5.41, 5.74) is 5.29. The predicted octanol–water partition coefficient (Wildman–Crippen LogP) is 2.59. The highest BCUT2D eigenvalue weighted by Crippen LogP contribution is 2.19. The molecule has 2 heterocycles. The zero-order chi connectivity index (χ0) is 13.7. The summed E-state index contributed by atoms with van der Waals surface area (Å²) in [6.45, 7) is 6.83. The lowest BCUT2D eigenvalue weighted by atomic mass is 10.2. The van der Waals surface area contributed by atoms with Crippen molar-refractivity contribution in [3.63, 3.8) is 0 Å². The largest absolute Gasteiger partial charge is 0.369 e. The fraction of sp³-hybridized carbons (Fsp3) is 0.429. The van der Waals surface area contributed by atoms with Crippen LogP contribution in [0.25, 0.3) is 0 Å². The summed E-state index contributed by atoms with van der Waals surface area (Å²) >= 11 is 1.71. The second-order valence-electron chi connectivity index (χ2n) is 4.50. The first-order chi connectivity index (χ1) is 9.20. The molecule has 0 aliphatic carbocycles. The first kappa shape index (κ1) is 14.0. The summed E-state index contributed by atoms with van der Waals surface area (Å²) in [6, 6.07) is 4.19. The lowest BCUT2D eigenvalue weighted by Gasteiger charge is -2.19. The van der Waals surface area contributed by atoms with Gasteiger partial charge in [0.05, 0.1) is 23.4 Å². The summed E-state index contributed by atoms with van der Waals surface area (Å²) in [5.74, 6) is 0. The van der Waals surface area contributed by atoms with Gasteiger partial charge in [-0.2, -0.15) is 0 Å². The zero-order valence-electron chi connectivity index (χ0n) is 11.7. The van der Waals surface area contributed by atoms with Gasteiger partial charge in [0, 0.05) is 30.4 Å². The van der Waals surface area contributed by atoms with Crippen LogP contribution in [0.4, 0.5) is 5.69 Å². The van der Waals surface area contributed by atoms with Gasteiger partial charge in [0.2, 0.25) is 0 Å². The average Bonchev–Trinajstić information content (AvgIpc) is 2.82. The maximum Gasteiger partial charge on any atom is 0.0798 e. The van der Waals surface area contributed by atoms with Crippen molar-refractivity contribution in [2.45, 2.75) is 26.9 Å². The quantitative estimate of drug-likeness (QED) is 0.880. The minimum atomic E-state index is 0.817. The zero-order valence-corrected chi connectivity index (χ0v) is 12.5. The molecule has 102 valence electrons. The van der Waals surface area contributed by atoms with Crippen molar-refractivity contribution in [1.29, 1.82) is 0 Å². The van der Waals surface area contributed by atoms with E-state index in [2.05, 4.69) is 47.1 Å². The van der Waals surface area contributed by atoms with Crippen LogP contribution in [0, 0.1) is 6.92 Å². The van der Waals surface area contributed by atoms with Crippen LogP contribution in [-0.4, -0.2) is 23.6 Å². The molecule has 0 aliphatic rings. The van der Waals surface area contributed by atoms with E-state index in [9.17, 15) is 0 Å². The van der Waals surface area contributed by atoms with Crippen molar-refractivity contribution in [3.8, 4) is 0 Å². The molecule has 0 atom stereocenters. The molecule has 4 nitrogen and oxygen atoms in total. The van der Waals surface area contributed by atoms with Crippen LogP contribution in [0.1, 0.15) is 23.2 Å². The number of nitrogens with one attached hydrogen (secondary N) is 1. The summed E-state index contributed by atoms with van der Waals surface area (Å²) in [6.07, 6.45) is 1.87. The number of hydrogen-bond donors (Lipinski definition) is 1. The van der Waals surface area contributed by atoms with E-state index in [1.54, 1.807) is 11.3 Å². The molecule has 2 aromatic rings. The first-order valence-corrected chi connectivity index (χ1v) is 7.34. The third-order valence-electron chi connectivity index (χ3n) is 3.02. The third-order valence-corrected chi connectivity index (χ3v) is 3.94. The van der Waals surface area contributed by atoms with Crippen molar-refractivity contribution >= 4 is 17.0 Å². The Hall–Kier alpha value is -1.46. The summed E-state index contributed by atoms with van der Waals surface area (Å²) in [5, 5.41) is 3.30. The molecule has 0 aromatic carbocycles. The molecule has 0 bridgehead atoms.